The van der Waals surface area contributed by atoms with E-state index in [1.807, 2.05) is 11.0 Å². The summed E-state index contributed by atoms with van der Waals surface area (Å²) in [5, 5.41) is 0. The van der Waals surface area contributed by atoms with Crippen molar-refractivity contribution in [1.82, 2.24) is 9.47 Å². The normalized spacial score (nSPS) is 12.2. The van der Waals surface area contributed by atoms with Gasteiger partial charge in [-0.25, -0.2) is 0 Å². The van der Waals surface area contributed by atoms with Gasteiger partial charge in [0.1, 0.15) is 0 Å². The van der Waals surface area contributed by atoms with E-state index >= 15 is 0 Å². The third kappa shape index (κ3) is 4.49. The van der Waals surface area contributed by atoms with Gasteiger partial charge in [-0.3, -0.25) is 4.79 Å². The molecule has 1 aliphatic heterocycles. The Morgan fingerprint density at radius 1 is 1.10 bits per heavy atom. The van der Waals surface area contributed by atoms with Crippen LogP contribution in [0.25, 0.3) is 0 Å². The highest BCUT2D eigenvalue weighted by atomic mass is 16.7. The number of hydrogen-bond acceptors (Lipinski definition) is 4. The van der Waals surface area contributed by atoms with Crippen molar-refractivity contribution in [2.24, 2.45) is 0 Å². The van der Waals surface area contributed by atoms with E-state index in [2.05, 4.69) is 48.0 Å². The summed E-state index contributed by atoms with van der Waals surface area (Å²) < 4.78 is 18.2. The first-order valence-electron chi connectivity index (χ1n) is 10.0. The first-order valence-corrected chi connectivity index (χ1v) is 10.0. The van der Waals surface area contributed by atoms with Crippen molar-refractivity contribution in [2.45, 2.75) is 20.0 Å². The van der Waals surface area contributed by atoms with Gasteiger partial charge in [0.05, 0.1) is 13.2 Å². The molecule has 4 rings (SSSR count). The summed E-state index contributed by atoms with van der Waals surface area (Å²) >= 11 is 0. The summed E-state index contributed by atoms with van der Waals surface area (Å²) in [6.07, 6.45) is 2.05. The molecule has 1 aliphatic rings. The minimum atomic E-state index is -0.0614. The van der Waals surface area contributed by atoms with Crippen molar-refractivity contribution in [2.75, 3.05) is 27.1 Å². The second-order valence-corrected chi connectivity index (χ2v) is 7.40. The Labute approximate surface area is 176 Å². The van der Waals surface area contributed by atoms with E-state index in [0.717, 1.165) is 12.2 Å². The van der Waals surface area contributed by atoms with Gasteiger partial charge in [-0.1, -0.05) is 29.8 Å². The molecule has 0 aliphatic carbocycles. The topological polar surface area (TPSA) is 52.9 Å². The highest BCUT2D eigenvalue weighted by molar-refractivity contribution is 5.95. The molecule has 1 aromatic heterocycles. The lowest BCUT2D eigenvalue weighted by atomic mass is 10.1. The molecule has 0 saturated carbocycles. The molecule has 3 aromatic rings. The molecule has 6 heteroatoms. The highest BCUT2D eigenvalue weighted by Gasteiger charge is 2.21. The Bertz CT molecular complexity index is 1030. The maximum absolute atomic E-state index is 13.3. The molecule has 0 atom stereocenters. The van der Waals surface area contributed by atoms with Crippen molar-refractivity contribution in [1.29, 1.82) is 0 Å². The molecule has 156 valence electrons. The molecule has 0 N–H and O–H groups in total. The van der Waals surface area contributed by atoms with Gasteiger partial charge in [-0.15, -0.1) is 0 Å². The minimum absolute atomic E-state index is 0.0614. The molecule has 2 aromatic carbocycles. The summed E-state index contributed by atoms with van der Waals surface area (Å²) in [5.41, 5.74) is 4.12. The zero-order valence-electron chi connectivity index (χ0n) is 17.3. The van der Waals surface area contributed by atoms with Crippen molar-refractivity contribution in [3.8, 4) is 11.5 Å². The molecule has 2 heterocycles. The number of fused-ring (bicyclic) bond motifs is 1. The van der Waals surface area contributed by atoms with Crippen LogP contribution >= 0.6 is 0 Å². The molecular weight excluding hydrogens is 380 g/mol. The van der Waals surface area contributed by atoms with Crippen LogP contribution in [0, 0.1) is 6.92 Å². The van der Waals surface area contributed by atoms with Crippen LogP contribution in [0.1, 0.15) is 27.2 Å². The fraction of sp³-hybridized carbons (Fsp3) is 0.292. The largest absolute Gasteiger partial charge is 0.454 e. The van der Waals surface area contributed by atoms with Gasteiger partial charge in [0.25, 0.3) is 5.91 Å². The number of hydrogen-bond donors (Lipinski definition) is 0. The number of carbonyl (C=O) groups is 1. The Balaban J connectivity index is 1.54. The van der Waals surface area contributed by atoms with Crippen LogP contribution in [0.2, 0.25) is 0 Å². The number of rotatable bonds is 8. The quantitative estimate of drug-likeness (QED) is 0.570. The number of ether oxygens (including phenoxy) is 3. The average Bonchev–Trinajstić information content (AvgIpc) is 3.39. The monoisotopic (exact) mass is 406 g/mol. The van der Waals surface area contributed by atoms with E-state index in [0.29, 0.717) is 36.8 Å². The molecule has 30 heavy (non-hydrogen) atoms. The third-order valence-corrected chi connectivity index (χ3v) is 5.18. The van der Waals surface area contributed by atoms with Crippen LogP contribution in [-0.2, 0) is 17.8 Å². The summed E-state index contributed by atoms with van der Waals surface area (Å²) in [5.74, 6) is 1.21. The van der Waals surface area contributed by atoms with Crippen molar-refractivity contribution < 1.29 is 19.0 Å². The maximum atomic E-state index is 13.3. The van der Waals surface area contributed by atoms with Gasteiger partial charge < -0.3 is 23.7 Å². The minimum Gasteiger partial charge on any atom is -0.454 e. The molecule has 0 fully saturated rings. The maximum Gasteiger partial charge on any atom is 0.254 e. The fourth-order valence-electron chi connectivity index (χ4n) is 3.62. The fourth-order valence-corrected chi connectivity index (χ4v) is 3.62. The van der Waals surface area contributed by atoms with Gasteiger partial charge in [-0.2, -0.15) is 0 Å². The summed E-state index contributed by atoms with van der Waals surface area (Å²) in [6.45, 7) is 4.51. The molecular formula is C24H26N2O4. The number of nitrogens with zero attached hydrogens (tertiary/aromatic N) is 2. The smallest absolute Gasteiger partial charge is 0.254 e. The first kappa shape index (κ1) is 20.0. The van der Waals surface area contributed by atoms with Gasteiger partial charge in [0.2, 0.25) is 6.79 Å². The molecule has 0 spiro atoms. The van der Waals surface area contributed by atoms with Crippen molar-refractivity contribution in [3.63, 3.8) is 0 Å². The Hall–Kier alpha value is -3.25. The lowest BCUT2D eigenvalue weighted by Crippen LogP contribution is -2.34. The van der Waals surface area contributed by atoms with Crippen LogP contribution in [-0.4, -0.2) is 42.4 Å². The molecule has 0 bridgehead atoms. The van der Waals surface area contributed by atoms with Crippen LogP contribution in [0.15, 0.2) is 60.8 Å². The van der Waals surface area contributed by atoms with E-state index in [1.54, 1.807) is 25.3 Å². The van der Waals surface area contributed by atoms with Crippen LogP contribution < -0.4 is 9.47 Å². The second-order valence-electron chi connectivity index (χ2n) is 7.40. The van der Waals surface area contributed by atoms with Gasteiger partial charge >= 0.3 is 0 Å². The van der Waals surface area contributed by atoms with Gasteiger partial charge in [0.15, 0.2) is 11.5 Å². The van der Waals surface area contributed by atoms with Crippen LogP contribution in [0.3, 0.4) is 0 Å². The van der Waals surface area contributed by atoms with Gasteiger partial charge in [-0.05, 0) is 42.8 Å². The number of benzene rings is 2. The Kier molecular flexibility index (Phi) is 6.05. The molecule has 6 nitrogen and oxygen atoms in total. The highest BCUT2D eigenvalue weighted by Crippen LogP contribution is 2.33. The lowest BCUT2D eigenvalue weighted by Gasteiger charge is -2.23. The number of aromatic nitrogens is 1. The van der Waals surface area contributed by atoms with Crippen LogP contribution in [0.4, 0.5) is 0 Å². The van der Waals surface area contributed by atoms with Crippen molar-refractivity contribution >= 4 is 5.91 Å². The molecule has 1 amide bonds. The van der Waals surface area contributed by atoms with E-state index in [-0.39, 0.29) is 12.7 Å². The Morgan fingerprint density at radius 2 is 1.97 bits per heavy atom. The molecule has 0 unspecified atom stereocenters. The Morgan fingerprint density at radius 3 is 2.80 bits per heavy atom. The van der Waals surface area contributed by atoms with Crippen molar-refractivity contribution in [3.05, 3.63) is 83.2 Å². The zero-order chi connectivity index (χ0) is 20.9. The van der Waals surface area contributed by atoms with E-state index in [4.69, 9.17) is 14.2 Å². The lowest BCUT2D eigenvalue weighted by molar-refractivity contribution is 0.0675. The predicted molar refractivity (Wildman–Crippen MR) is 114 cm³/mol. The average molecular weight is 406 g/mol. The van der Waals surface area contributed by atoms with E-state index in [9.17, 15) is 4.79 Å². The number of aryl methyl sites for hydroxylation is 1. The van der Waals surface area contributed by atoms with Crippen LogP contribution in [0.5, 0.6) is 11.5 Å². The number of carbonyl (C=O) groups excluding carboxylic acids is 1. The molecule has 0 saturated heterocycles. The zero-order valence-corrected chi connectivity index (χ0v) is 17.3. The standard InChI is InChI=1S/C24H26N2O4/c1-18-5-3-6-19(13-18)15-25-10-4-7-21(25)16-26(11-12-28-2)24(27)20-8-9-22-23(14-20)30-17-29-22/h3-10,13-14H,11-12,15-17H2,1-2H3. The number of amides is 1. The summed E-state index contributed by atoms with van der Waals surface area (Å²) in [4.78, 5) is 15.1. The summed E-state index contributed by atoms with van der Waals surface area (Å²) in [6, 6.07) is 17.9. The second kappa shape index (κ2) is 9.05. The SMILES string of the molecule is COCCN(Cc1cccn1Cc1cccc(C)c1)C(=O)c1ccc2c(c1)OCO2. The first-order chi connectivity index (χ1) is 14.6. The molecule has 0 radical (unpaired) electrons. The predicted octanol–water partition coefficient (Wildman–Crippen LogP) is 3.86. The number of methoxy groups -OCH3 is 1. The third-order valence-electron chi connectivity index (χ3n) is 5.18. The van der Waals surface area contributed by atoms with Gasteiger partial charge in [0, 0.05) is 37.7 Å². The van der Waals surface area contributed by atoms with E-state index < -0.39 is 0 Å². The van der Waals surface area contributed by atoms with E-state index in [1.165, 1.54) is 11.1 Å². The summed E-state index contributed by atoms with van der Waals surface area (Å²) in [7, 11) is 1.64.